The van der Waals surface area contributed by atoms with Gasteiger partial charge in [0.05, 0.1) is 6.20 Å². The van der Waals surface area contributed by atoms with E-state index in [2.05, 4.69) is 10.3 Å². The molecule has 1 aromatic rings. The van der Waals surface area contributed by atoms with Gasteiger partial charge in [0.25, 0.3) is 0 Å². The summed E-state index contributed by atoms with van der Waals surface area (Å²) < 4.78 is 1.98. The standard InChI is InChI=1S/C9H13N3/c1-2-7-8(3-1)9(7)6-12-5-4-10-11-12/h4-5,7-9H,1-3,6H2/t7-,8+,9?. The van der Waals surface area contributed by atoms with Crippen LogP contribution in [0, 0.1) is 17.8 Å². The minimum absolute atomic E-state index is 0.931. The molecule has 1 unspecified atom stereocenters. The number of hydrogen-bond acceptors (Lipinski definition) is 2. The Labute approximate surface area is 71.8 Å². The quantitative estimate of drug-likeness (QED) is 0.658. The lowest BCUT2D eigenvalue weighted by molar-refractivity contribution is 0.469. The van der Waals surface area contributed by atoms with Crippen molar-refractivity contribution in [1.82, 2.24) is 15.0 Å². The SMILES string of the molecule is c1cn(CC2[C@H]3CCC[C@@H]23)nn1. The van der Waals surface area contributed by atoms with Crippen LogP contribution >= 0.6 is 0 Å². The first kappa shape index (κ1) is 6.63. The number of hydrogen-bond donors (Lipinski definition) is 0. The van der Waals surface area contributed by atoms with E-state index in [1.807, 2.05) is 10.9 Å². The summed E-state index contributed by atoms with van der Waals surface area (Å²) in [6, 6.07) is 0. The summed E-state index contributed by atoms with van der Waals surface area (Å²) in [7, 11) is 0. The van der Waals surface area contributed by atoms with Crippen molar-refractivity contribution in [2.75, 3.05) is 0 Å². The molecular formula is C9H13N3. The molecule has 0 bridgehead atoms. The van der Waals surface area contributed by atoms with Crippen molar-refractivity contribution < 1.29 is 0 Å². The minimum Gasteiger partial charge on any atom is -0.252 e. The second kappa shape index (κ2) is 2.31. The molecule has 12 heavy (non-hydrogen) atoms. The Kier molecular flexibility index (Phi) is 1.28. The second-order valence-electron chi connectivity index (χ2n) is 4.05. The highest BCUT2D eigenvalue weighted by atomic mass is 15.4. The third-order valence-corrected chi connectivity index (χ3v) is 3.45. The fraction of sp³-hybridized carbons (Fsp3) is 0.778. The number of aromatic nitrogens is 3. The highest BCUT2D eigenvalue weighted by Crippen LogP contribution is 2.57. The van der Waals surface area contributed by atoms with E-state index in [4.69, 9.17) is 0 Å². The zero-order valence-electron chi connectivity index (χ0n) is 7.06. The highest BCUT2D eigenvalue weighted by Gasteiger charge is 2.52. The van der Waals surface area contributed by atoms with Gasteiger partial charge in [0, 0.05) is 12.7 Å². The van der Waals surface area contributed by atoms with E-state index in [0.717, 1.165) is 24.3 Å². The van der Waals surface area contributed by atoms with Crippen LogP contribution in [0.2, 0.25) is 0 Å². The smallest absolute Gasteiger partial charge is 0.0692 e. The minimum atomic E-state index is 0.931. The lowest BCUT2D eigenvalue weighted by Crippen LogP contribution is -2.03. The molecule has 2 aliphatic rings. The number of rotatable bonds is 2. The summed E-state index contributed by atoms with van der Waals surface area (Å²) >= 11 is 0. The van der Waals surface area contributed by atoms with Gasteiger partial charge in [-0.3, -0.25) is 4.68 Å². The third kappa shape index (κ3) is 0.886. The average molecular weight is 163 g/mol. The van der Waals surface area contributed by atoms with Crippen molar-refractivity contribution in [3.05, 3.63) is 12.4 Å². The van der Waals surface area contributed by atoms with E-state index in [-0.39, 0.29) is 0 Å². The molecule has 0 amide bonds. The van der Waals surface area contributed by atoms with Gasteiger partial charge >= 0.3 is 0 Å². The normalized spacial score (nSPS) is 38.2. The molecule has 2 fully saturated rings. The van der Waals surface area contributed by atoms with Crippen LogP contribution in [-0.2, 0) is 6.54 Å². The van der Waals surface area contributed by atoms with E-state index in [0.29, 0.717) is 0 Å². The maximum atomic E-state index is 3.99. The Balaban J connectivity index is 1.65. The van der Waals surface area contributed by atoms with Crippen LogP contribution in [-0.4, -0.2) is 15.0 Å². The van der Waals surface area contributed by atoms with E-state index in [1.165, 1.54) is 19.3 Å². The number of nitrogens with zero attached hydrogens (tertiary/aromatic N) is 3. The molecule has 0 saturated heterocycles. The maximum Gasteiger partial charge on any atom is 0.0692 e. The second-order valence-corrected chi connectivity index (χ2v) is 4.05. The molecule has 0 aromatic carbocycles. The Hall–Kier alpha value is -0.860. The molecule has 3 atom stereocenters. The van der Waals surface area contributed by atoms with Crippen molar-refractivity contribution in [3.63, 3.8) is 0 Å². The van der Waals surface area contributed by atoms with Gasteiger partial charge in [-0.1, -0.05) is 11.6 Å². The summed E-state index contributed by atoms with van der Waals surface area (Å²) in [4.78, 5) is 0. The summed E-state index contributed by atoms with van der Waals surface area (Å²) in [6.07, 6.45) is 8.11. The van der Waals surface area contributed by atoms with Crippen LogP contribution in [0.4, 0.5) is 0 Å². The van der Waals surface area contributed by atoms with Crippen molar-refractivity contribution in [1.29, 1.82) is 0 Å². The van der Waals surface area contributed by atoms with Crippen LogP contribution in [0.3, 0.4) is 0 Å². The molecule has 0 radical (unpaired) electrons. The van der Waals surface area contributed by atoms with E-state index in [1.54, 1.807) is 6.20 Å². The molecule has 3 heteroatoms. The van der Waals surface area contributed by atoms with E-state index < -0.39 is 0 Å². The summed E-state index contributed by atoms with van der Waals surface area (Å²) in [6.45, 7) is 1.11. The average Bonchev–Trinajstić information content (AvgIpc) is 2.59. The summed E-state index contributed by atoms with van der Waals surface area (Å²) in [5.74, 6) is 3.00. The van der Waals surface area contributed by atoms with Crippen molar-refractivity contribution in [2.45, 2.75) is 25.8 Å². The molecule has 64 valence electrons. The summed E-state index contributed by atoms with van der Waals surface area (Å²) in [5, 5.41) is 7.80. The van der Waals surface area contributed by atoms with Crippen LogP contribution in [0.5, 0.6) is 0 Å². The zero-order chi connectivity index (χ0) is 7.97. The first-order valence-corrected chi connectivity index (χ1v) is 4.79. The zero-order valence-corrected chi connectivity index (χ0v) is 7.06. The lowest BCUT2D eigenvalue weighted by atomic mass is 10.1. The molecule has 3 rings (SSSR count). The monoisotopic (exact) mass is 163 g/mol. The van der Waals surface area contributed by atoms with Gasteiger partial charge in [-0.2, -0.15) is 0 Å². The molecule has 3 nitrogen and oxygen atoms in total. The van der Waals surface area contributed by atoms with Gasteiger partial charge in [-0.25, -0.2) is 0 Å². The van der Waals surface area contributed by atoms with Crippen molar-refractivity contribution in [2.24, 2.45) is 17.8 Å². The van der Waals surface area contributed by atoms with E-state index in [9.17, 15) is 0 Å². The third-order valence-electron chi connectivity index (χ3n) is 3.45. The molecule has 0 spiro atoms. The van der Waals surface area contributed by atoms with E-state index >= 15 is 0 Å². The Morgan fingerprint density at radius 2 is 2.17 bits per heavy atom. The number of fused-ring (bicyclic) bond motifs is 1. The predicted octanol–water partition coefficient (Wildman–Crippen LogP) is 1.32. The fourth-order valence-corrected chi connectivity index (χ4v) is 2.79. The molecule has 0 aliphatic heterocycles. The van der Waals surface area contributed by atoms with Crippen LogP contribution in [0.25, 0.3) is 0 Å². The van der Waals surface area contributed by atoms with Crippen LogP contribution in [0.1, 0.15) is 19.3 Å². The Morgan fingerprint density at radius 3 is 2.83 bits per heavy atom. The van der Waals surface area contributed by atoms with Gasteiger partial charge < -0.3 is 0 Å². The molecule has 2 saturated carbocycles. The van der Waals surface area contributed by atoms with Gasteiger partial charge in [0.1, 0.15) is 0 Å². The van der Waals surface area contributed by atoms with Gasteiger partial charge in [0.2, 0.25) is 0 Å². The molecule has 0 N–H and O–H groups in total. The Bertz CT molecular complexity index is 257. The maximum absolute atomic E-state index is 3.99. The van der Waals surface area contributed by atoms with Gasteiger partial charge in [-0.15, -0.1) is 5.10 Å². The molecular weight excluding hydrogens is 150 g/mol. The summed E-state index contributed by atoms with van der Waals surface area (Å²) in [5.41, 5.74) is 0. The largest absolute Gasteiger partial charge is 0.252 e. The fourth-order valence-electron chi connectivity index (χ4n) is 2.79. The predicted molar refractivity (Wildman–Crippen MR) is 44.3 cm³/mol. The first-order valence-electron chi connectivity index (χ1n) is 4.79. The molecule has 1 aromatic heterocycles. The first-order chi connectivity index (χ1) is 5.95. The van der Waals surface area contributed by atoms with Crippen molar-refractivity contribution in [3.8, 4) is 0 Å². The Morgan fingerprint density at radius 1 is 1.33 bits per heavy atom. The topological polar surface area (TPSA) is 30.7 Å². The highest BCUT2D eigenvalue weighted by molar-refractivity contribution is 5.00. The van der Waals surface area contributed by atoms with Gasteiger partial charge in [0.15, 0.2) is 0 Å². The lowest BCUT2D eigenvalue weighted by Gasteiger charge is -2.01. The van der Waals surface area contributed by atoms with Crippen molar-refractivity contribution >= 4 is 0 Å². The van der Waals surface area contributed by atoms with Crippen LogP contribution in [0.15, 0.2) is 12.4 Å². The molecule has 1 heterocycles. The molecule has 2 aliphatic carbocycles. The van der Waals surface area contributed by atoms with Gasteiger partial charge in [-0.05, 0) is 30.6 Å². The van der Waals surface area contributed by atoms with Crippen LogP contribution < -0.4 is 0 Å².